The zero-order valence-corrected chi connectivity index (χ0v) is 12.1. The molecule has 2 aromatic rings. The molecule has 1 aliphatic rings. The zero-order chi connectivity index (χ0) is 14.8. The van der Waals surface area contributed by atoms with Crippen molar-refractivity contribution >= 4 is 40.5 Å². The van der Waals surface area contributed by atoms with E-state index in [1.807, 2.05) is 4.90 Å². The molecular weight excluding hydrogens is 292 g/mol. The molecule has 1 fully saturated rings. The number of benzene rings is 1. The van der Waals surface area contributed by atoms with Crippen LogP contribution in [0.4, 0.5) is 5.69 Å². The first-order valence-electron chi connectivity index (χ1n) is 6.82. The van der Waals surface area contributed by atoms with Gasteiger partial charge >= 0.3 is 0 Å². The van der Waals surface area contributed by atoms with Gasteiger partial charge in [0.25, 0.3) is 0 Å². The lowest BCUT2D eigenvalue weighted by Gasteiger charge is -2.14. The molecule has 1 aromatic carbocycles. The summed E-state index contributed by atoms with van der Waals surface area (Å²) < 4.78 is 1.62. The Bertz CT molecular complexity index is 692. The van der Waals surface area contributed by atoms with Crippen LogP contribution in [0.5, 0.6) is 0 Å². The third-order valence-electron chi connectivity index (χ3n) is 3.61. The lowest BCUT2D eigenvalue weighted by molar-refractivity contribution is -0.130. The van der Waals surface area contributed by atoms with Crippen molar-refractivity contribution < 1.29 is 9.59 Å². The van der Waals surface area contributed by atoms with Gasteiger partial charge in [-0.2, -0.15) is 5.10 Å². The molecule has 7 heteroatoms. The Labute approximate surface area is 126 Å². The van der Waals surface area contributed by atoms with Crippen LogP contribution in [0.15, 0.2) is 18.3 Å². The van der Waals surface area contributed by atoms with E-state index >= 15 is 0 Å². The maximum absolute atomic E-state index is 12.1. The molecule has 2 amide bonds. The molecule has 1 saturated heterocycles. The SMILES string of the molecule is O=CNc1cc2cn(CC(=O)N3CCCC3)nc2cc1Cl. The first-order valence-corrected chi connectivity index (χ1v) is 7.20. The van der Waals surface area contributed by atoms with Crippen LogP contribution < -0.4 is 5.32 Å². The normalized spacial score (nSPS) is 14.6. The average Bonchev–Trinajstić information content (AvgIpc) is 3.08. The lowest BCUT2D eigenvalue weighted by atomic mass is 10.2. The van der Waals surface area contributed by atoms with Gasteiger partial charge in [-0.1, -0.05) is 11.6 Å². The number of nitrogens with one attached hydrogen (secondary N) is 1. The van der Waals surface area contributed by atoms with Crippen LogP contribution in [-0.4, -0.2) is 40.1 Å². The summed E-state index contributed by atoms with van der Waals surface area (Å²) in [7, 11) is 0. The minimum absolute atomic E-state index is 0.0812. The van der Waals surface area contributed by atoms with Crippen LogP contribution in [0, 0.1) is 0 Å². The van der Waals surface area contributed by atoms with E-state index in [1.54, 1.807) is 23.0 Å². The second-order valence-corrected chi connectivity index (χ2v) is 5.47. The highest BCUT2D eigenvalue weighted by molar-refractivity contribution is 6.34. The Kier molecular flexibility index (Phi) is 3.79. The molecular formula is C14H15ClN4O2. The number of likely N-dealkylation sites (tertiary alicyclic amines) is 1. The third-order valence-corrected chi connectivity index (χ3v) is 3.92. The maximum Gasteiger partial charge on any atom is 0.244 e. The Morgan fingerprint density at radius 1 is 1.38 bits per heavy atom. The standard InChI is InChI=1S/C14H15ClN4O2/c15-11-6-12-10(5-13(11)16-9-20)7-19(17-12)8-14(21)18-3-1-2-4-18/h5-7,9H,1-4,8H2,(H,16,20). The Morgan fingerprint density at radius 2 is 2.14 bits per heavy atom. The first-order chi connectivity index (χ1) is 10.2. The molecule has 0 aliphatic carbocycles. The fourth-order valence-corrected chi connectivity index (χ4v) is 2.77. The molecule has 0 bridgehead atoms. The van der Waals surface area contributed by atoms with Gasteiger partial charge in [0.1, 0.15) is 6.54 Å². The van der Waals surface area contributed by atoms with E-state index in [9.17, 15) is 9.59 Å². The number of carbonyl (C=O) groups is 2. The quantitative estimate of drug-likeness (QED) is 0.877. The molecule has 0 spiro atoms. The largest absolute Gasteiger partial charge is 0.341 e. The van der Waals surface area contributed by atoms with Crippen molar-refractivity contribution in [2.45, 2.75) is 19.4 Å². The fraction of sp³-hybridized carbons (Fsp3) is 0.357. The second kappa shape index (κ2) is 5.73. The Balaban J connectivity index is 1.83. The van der Waals surface area contributed by atoms with Crippen molar-refractivity contribution in [2.75, 3.05) is 18.4 Å². The molecule has 3 rings (SSSR count). The first kappa shape index (κ1) is 13.9. The molecule has 0 atom stereocenters. The van der Waals surface area contributed by atoms with Gasteiger partial charge in [-0.25, -0.2) is 0 Å². The summed E-state index contributed by atoms with van der Waals surface area (Å²) in [6, 6.07) is 3.43. The number of carbonyl (C=O) groups excluding carboxylic acids is 2. The van der Waals surface area contributed by atoms with Gasteiger partial charge in [0.2, 0.25) is 12.3 Å². The lowest BCUT2D eigenvalue weighted by Crippen LogP contribution is -2.31. The molecule has 1 N–H and O–H groups in total. The topological polar surface area (TPSA) is 67.2 Å². The molecule has 1 aromatic heterocycles. The fourth-order valence-electron chi connectivity index (χ4n) is 2.56. The van der Waals surface area contributed by atoms with Gasteiger partial charge in [-0.3, -0.25) is 14.3 Å². The minimum atomic E-state index is 0.0812. The number of amides is 2. The molecule has 2 heterocycles. The molecule has 0 unspecified atom stereocenters. The van der Waals surface area contributed by atoms with Gasteiger partial charge in [-0.05, 0) is 25.0 Å². The summed E-state index contributed by atoms with van der Waals surface area (Å²) in [6.45, 7) is 1.89. The van der Waals surface area contributed by atoms with E-state index < -0.39 is 0 Å². The van der Waals surface area contributed by atoms with E-state index in [0.29, 0.717) is 22.6 Å². The van der Waals surface area contributed by atoms with Crippen molar-refractivity contribution in [2.24, 2.45) is 0 Å². The minimum Gasteiger partial charge on any atom is -0.341 e. The smallest absolute Gasteiger partial charge is 0.244 e. The predicted molar refractivity (Wildman–Crippen MR) is 80.2 cm³/mol. The molecule has 6 nitrogen and oxygen atoms in total. The van der Waals surface area contributed by atoms with E-state index in [2.05, 4.69) is 10.4 Å². The number of rotatable bonds is 4. The third kappa shape index (κ3) is 2.85. The highest BCUT2D eigenvalue weighted by Gasteiger charge is 2.18. The molecule has 1 aliphatic heterocycles. The summed E-state index contributed by atoms with van der Waals surface area (Å²) in [5.74, 6) is 0.0812. The number of fused-ring (bicyclic) bond motifs is 1. The highest BCUT2D eigenvalue weighted by atomic mass is 35.5. The number of hydrogen-bond donors (Lipinski definition) is 1. The summed E-state index contributed by atoms with van der Waals surface area (Å²) >= 11 is 6.05. The molecule has 110 valence electrons. The summed E-state index contributed by atoms with van der Waals surface area (Å²) in [5, 5.41) is 8.15. The van der Waals surface area contributed by atoms with Gasteiger partial charge in [-0.15, -0.1) is 0 Å². The molecule has 21 heavy (non-hydrogen) atoms. The monoisotopic (exact) mass is 306 g/mol. The maximum atomic E-state index is 12.1. The van der Waals surface area contributed by atoms with Crippen LogP contribution in [0.25, 0.3) is 10.9 Å². The van der Waals surface area contributed by atoms with Crippen LogP contribution in [-0.2, 0) is 16.1 Å². The van der Waals surface area contributed by atoms with Crippen molar-refractivity contribution in [3.05, 3.63) is 23.4 Å². The predicted octanol–water partition coefficient (Wildman–Crippen LogP) is 1.88. The average molecular weight is 307 g/mol. The second-order valence-electron chi connectivity index (χ2n) is 5.07. The molecule has 0 radical (unpaired) electrons. The van der Waals surface area contributed by atoms with Crippen LogP contribution in [0.1, 0.15) is 12.8 Å². The van der Waals surface area contributed by atoms with Crippen molar-refractivity contribution in [3.8, 4) is 0 Å². The number of aromatic nitrogens is 2. The van der Waals surface area contributed by atoms with E-state index in [4.69, 9.17) is 11.6 Å². The van der Waals surface area contributed by atoms with Crippen molar-refractivity contribution in [3.63, 3.8) is 0 Å². The van der Waals surface area contributed by atoms with E-state index in [-0.39, 0.29) is 12.5 Å². The number of anilines is 1. The van der Waals surface area contributed by atoms with E-state index in [1.165, 1.54) is 0 Å². The van der Waals surface area contributed by atoms with E-state index in [0.717, 1.165) is 31.3 Å². The Morgan fingerprint density at radius 3 is 2.86 bits per heavy atom. The van der Waals surface area contributed by atoms with Crippen LogP contribution in [0.3, 0.4) is 0 Å². The zero-order valence-electron chi connectivity index (χ0n) is 11.4. The van der Waals surface area contributed by atoms with Gasteiger partial charge in [0.05, 0.1) is 16.2 Å². The summed E-state index contributed by atoms with van der Waals surface area (Å²) in [5.41, 5.74) is 1.23. The summed E-state index contributed by atoms with van der Waals surface area (Å²) in [6.07, 6.45) is 4.51. The van der Waals surface area contributed by atoms with Gasteiger partial charge in [0.15, 0.2) is 0 Å². The van der Waals surface area contributed by atoms with Crippen LogP contribution in [0.2, 0.25) is 5.02 Å². The summed E-state index contributed by atoms with van der Waals surface area (Å²) in [4.78, 5) is 24.5. The highest BCUT2D eigenvalue weighted by Crippen LogP contribution is 2.27. The van der Waals surface area contributed by atoms with Gasteiger partial charge in [0, 0.05) is 24.7 Å². The van der Waals surface area contributed by atoms with Crippen LogP contribution >= 0.6 is 11.6 Å². The number of hydrogen-bond acceptors (Lipinski definition) is 3. The Hall–Kier alpha value is -2.08. The molecule has 0 saturated carbocycles. The van der Waals surface area contributed by atoms with Gasteiger partial charge < -0.3 is 10.2 Å². The number of halogens is 1. The van der Waals surface area contributed by atoms with Crippen molar-refractivity contribution in [1.29, 1.82) is 0 Å². The number of nitrogens with zero attached hydrogens (tertiary/aromatic N) is 3. The van der Waals surface area contributed by atoms with Crippen molar-refractivity contribution in [1.82, 2.24) is 14.7 Å².